The quantitative estimate of drug-likeness (QED) is 0.211. The van der Waals surface area contributed by atoms with Crippen LogP contribution in [0.3, 0.4) is 0 Å². The average molecular weight is 341 g/mol. The highest BCUT2D eigenvalue weighted by Crippen LogP contribution is 1.98. The van der Waals surface area contributed by atoms with Gasteiger partial charge in [0.05, 0.1) is 7.11 Å². The molecule has 0 aliphatic heterocycles. The summed E-state index contributed by atoms with van der Waals surface area (Å²) in [6.45, 7) is 0.505. The van der Waals surface area contributed by atoms with Gasteiger partial charge in [0, 0.05) is 30.8 Å². The van der Waals surface area contributed by atoms with E-state index in [2.05, 4.69) is 10.1 Å². The predicted octanol–water partition coefficient (Wildman–Crippen LogP) is 0.891. The zero-order valence-corrected chi connectivity index (χ0v) is 13.9. The first-order chi connectivity index (χ1) is 11.0. The molecule has 0 aliphatic carbocycles. The van der Waals surface area contributed by atoms with Gasteiger partial charge in [-0.2, -0.15) is 0 Å². The lowest BCUT2D eigenvalue weighted by Crippen LogP contribution is -2.26. The smallest absolute Gasteiger partial charge is 0.374 e. The molecular weight excluding hydrogens is 318 g/mol. The summed E-state index contributed by atoms with van der Waals surface area (Å²) < 4.78 is 4.24. The average Bonchev–Trinajstić information content (AvgIpc) is 2.55. The van der Waals surface area contributed by atoms with Gasteiger partial charge in [-0.3, -0.25) is 14.7 Å². The summed E-state index contributed by atoms with van der Waals surface area (Å²) in [4.78, 5) is 32.8. The molecular formula is C15H23N3O4S. The highest BCUT2D eigenvalue weighted by Gasteiger charge is 2.13. The van der Waals surface area contributed by atoms with Gasteiger partial charge in [-0.15, -0.1) is 0 Å². The van der Waals surface area contributed by atoms with Gasteiger partial charge >= 0.3 is 5.97 Å². The Labute approximate surface area is 140 Å². The third-order valence-corrected chi connectivity index (χ3v) is 3.00. The second-order valence-electron chi connectivity index (χ2n) is 4.40. The zero-order chi connectivity index (χ0) is 17.5. The lowest BCUT2D eigenvalue weighted by molar-refractivity contribution is -0.151. The molecule has 0 unspecified atom stereocenters. The second-order valence-corrected chi connectivity index (χ2v) is 5.14. The van der Waals surface area contributed by atoms with E-state index in [0.29, 0.717) is 18.7 Å². The first kappa shape index (κ1) is 20.9. The summed E-state index contributed by atoms with van der Waals surface area (Å²) in [6, 6.07) is 9.49. The molecule has 0 saturated carbocycles. The maximum atomic E-state index is 11.2. The minimum Gasteiger partial charge on any atom is -0.463 e. The molecule has 0 spiro atoms. The van der Waals surface area contributed by atoms with Crippen LogP contribution in [0.5, 0.6) is 0 Å². The topological polar surface area (TPSA) is 125 Å². The fraction of sp³-hybridized carbons (Fsp3) is 0.400. The van der Waals surface area contributed by atoms with Gasteiger partial charge in [0.25, 0.3) is 0 Å². The molecule has 1 aromatic carbocycles. The molecule has 128 valence electrons. The van der Waals surface area contributed by atoms with Crippen molar-refractivity contribution in [2.75, 3.05) is 25.1 Å². The molecule has 0 fully saturated rings. The minimum absolute atomic E-state index is 0.0335. The Kier molecular flexibility index (Phi) is 12.4. The van der Waals surface area contributed by atoms with E-state index in [9.17, 15) is 14.4 Å². The summed E-state index contributed by atoms with van der Waals surface area (Å²) in [5.41, 5.74) is 6.18. The Bertz CT molecular complexity index is 483. The van der Waals surface area contributed by atoms with Crippen molar-refractivity contribution in [3.05, 3.63) is 30.3 Å². The monoisotopic (exact) mass is 341 g/mol. The van der Waals surface area contributed by atoms with Crippen LogP contribution in [0.4, 0.5) is 5.69 Å². The van der Waals surface area contributed by atoms with Crippen LogP contribution in [0, 0.1) is 0 Å². The molecule has 1 aromatic rings. The predicted molar refractivity (Wildman–Crippen MR) is 91.4 cm³/mol. The lowest BCUT2D eigenvalue weighted by Gasteiger charge is -2.03. The summed E-state index contributed by atoms with van der Waals surface area (Å²) in [7, 11) is 1.15. The van der Waals surface area contributed by atoms with Crippen LogP contribution in [0.15, 0.2) is 30.3 Å². The van der Waals surface area contributed by atoms with E-state index in [1.807, 2.05) is 30.3 Å². The number of methoxy groups -OCH3 is 1. The van der Waals surface area contributed by atoms with Crippen LogP contribution in [0.25, 0.3) is 0 Å². The van der Waals surface area contributed by atoms with Crippen LogP contribution < -0.4 is 16.2 Å². The number of para-hydroxylation sites is 1. The standard InChI is InChI=1S/C9H16N2O4S.C6H7N/c1-15-9(14)7(12)3-2-4-8(13)11-5-6-16-10;7-6-4-2-1-3-5-6/h2-6,10H2,1H3,(H,11,13);1-5H,7H2. The number of Topliss-reactive ketones (excluding diaryl/α,β-unsaturated/α-hetero) is 1. The van der Waals surface area contributed by atoms with Crippen molar-refractivity contribution in [2.24, 2.45) is 5.14 Å². The SMILES string of the molecule is COC(=O)C(=O)CCCC(=O)NCCSN.Nc1ccccc1. The minimum atomic E-state index is -0.861. The maximum Gasteiger partial charge on any atom is 0.374 e. The molecule has 0 aliphatic rings. The van der Waals surface area contributed by atoms with Gasteiger partial charge in [0.2, 0.25) is 11.7 Å². The largest absolute Gasteiger partial charge is 0.463 e. The number of hydrogen-bond donors (Lipinski definition) is 3. The summed E-state index contributed by atoms with van der Waals surface area (Å²) in [5.74, 6) is -0.966. The third-order valence-electron chi connectivity index (χ3n) is 2.56. The Hall–Kier alpha value is -2.06. The fourth-order valence-corrected chi connectivity index (χ4v) is 1.64. The van der Waals surface area contributed by atoms with Crippen molar-refractivity contribution in [3.8, 4) is 0 Å². The number of nitrogens with two attached hydrogens (primary N) is 2. The van der Waals surface area contributed by atoms with Crippen molar-refractivity contribution in [3.63, 3.8) is 0 Å². The van der Waals surface area contributed by atoms with Gasteiger partial charge in [-0.1, -0.05) is 30.1 Å². The van der Waals surface area contributed by atoms with Crippen molar-refractivity contribution in [2.45, 2.75) is 19.3 Å². The highest BCUT2D eigenvalue weighted by atomic mass is 32.2. The number of hydrogen-bond acceptors (Lipinski definition) is 7. The van der Waals surface area contributed by atoms with Crippen LogP contribution in [-0.4, -0.2) is 37.1 Å². The lowest BCUT2D eigenvalue weighted by atomic mass is 10.1. The Morgan fingerprint density at radius 3 is 2.30 bits per heavy atom. The summed E-state index contributed by atoms with van der Waals surface area (Å²) in [5, 5.41) is 7.81. The molecule has 0 bridgehead atoms. The molecule has 23 heavy (non-hydrogen) atoms. The normalized spacial score (nSPS) is 9.30. The van der Waals surface area contributed by atoms with Crippen molar-refractivity contribution < 1.29 is 19.1 Å². The molecule has 0 saturated heterocycles. The zero-order valence-electron chi connectivity index (χ0n) is 13.1. The van der Waals surface area contributed by atoms with E-state index in [-0.39, 0.29) is 18.7 Å². The molecule has 1 rings (SSSR count). The number of benzene rings is 1. The van der Waals surface area contributed by atoms with E-state index in [1.165, 1.54) is 0 Å². The summed E-state index contributed by atoms with van der Waals surface area (Å²) in [6.07, 6.45) is 0.596. The van der Waals surface area contributed by atoms with Crippen LogP contribution in [0.2, 0.25) is 0 Å². The van der Waals surface area contributed by atoms with Crippen molar-refractivity contribution in [1.29, 1.82) is 0 Å². The Morgan fingerprint density at radius 1 is 1.17 bits per heavy atom. The van der Waals surface area contributed by atoms with Gasteiger partial charge in [0.1, 0.15) is 0 Å². The van der Waals surface area contributed by atoms with E-state index in [0.717, 1.165) is 24.7 Å². The van der Waals surface area contributed by atoms with E-state index >= 15 is 0 Å². The first-order valence-electron chi connectivity index (χ1n) is 7.01. The van der Waals surface area contributed by atoms with Gasteiger partial charge in [-0.05, 0) is 18.6 Å². The maximum absolute atomic E-state index is 11.2. The molecule has 0 heterocycles. The van der Waals surface area contributed by atoms with Crippen LogP contribution >= 0.6 is 11.9 Å². The number of nitrogen functional groups attached to an aromatic ring is 1. The number of rotatable bonds is 8. The summed E-state index contributed by atoms with van der Waals surface area (Å²) >= 11 is 1.15. The number of carbonyl (C=O) groups excluding carboxylic acids is 3. The fourth-order valence-electron chi connectivity index (χ4n) is 1.42. The number of esters is 1. The van der Waals surface area contributed by atoms with Crippen molar-refractivity contribution >= 4 is 35.3 Å². The number of anilines is 1. The molecule has 5 N–H and O–H groups in total. The molecule has 7 nitrogen and oxygen atoms in total. The number of carbonyl (C=O) groups is 3. The molecule has 0 aromatic heterocycles. The van der Waals surface area contributed by atoms with E-state index in [1.54, 1.807) is 0 Å². The Morgan fingerprint density at radius 2 is 1.83 bits per heavy atom. The number of nitrogens with one attached hydrogen (secondary N) is 1. The molecule has 8 heteroatoms. The van der Waals surface area contributed by atoms with E-state index in [4.69, 9.17) is 10.9 Å². The Balaban J connectivity index is 0.000000568. The third kappa shape index (κ3) is 12.2. The van der Waals surface area contributed by atoms with E-state index < -0.39 is 11.8 Å². The van der Waals surface area contributed by atoms with Gasteiger partial charge < -0.3 is 15.8 Å². The van der Waals surface area contributed by atoms with Crippen LogP contribution in [0.1, 0.15) is 19.3 Å². The highest BCUT2D eigenvalue weighted by molar-refractivity contribution is 7.97. The number of ketones is 1. The van der Waals surface area contributed by atoms with Crippen LogP contribution in [-0.2, 0) is 19.1 Å². The number of amides is 1. The molecule has 0 radical (unpaired) electrons. The van der Waals surface area contributed by atoms with Gasteiger partial charge in [-0.25, -0.2) is 4.79 Å². The second kappa shape index (κ2) is 13.6. The number of ether oxygens (including phenoxy) is 1. The molecule has 1 amide bonds. The van der Waals surface area contributed by atoms with Crippen molar-refractivity contribution in [1.82, 2.24) is 5.32 Å². The first-order valence-corrected chi connectivity index (χ1v) is 8.06. The molecule has 0 atom stereocenters. The van der Waals surface area contributed by atoms with Gasteiger partial charge in [0.15, 0.2) is 0 Å².